The number of aromatic hydroxyl groups is 1. The largest absolute Gasteiger partial charge is 0.506 e. The summed E-state index contributed by atoms with van der Waals surface area (Å²) < 4.78 is 12.4. The number of aromatic amines is 1. The molecular weight excluding hydrogens is 400 g/mol. The van der Waals surface area contributed by atoms with E-state index in [4.69, 9.17) is 14.9 Å². The molecule has 1 amide bonds. The Morgan fingerprint density at radius 2 is 1.70 bits per heavy atom. The molecule has 0 fully saturated rings. The topological polar surface area (TPSA) is 115 Å². The first kappa shape index (κ1) is 24.0. The van der Waals surface area contributed by atoms with Gasteiger partial charge >= 0.3 is 6.09 Å². The molecule has 8 heteroatoms. The summed E-state index contributed by atoms with van der Waals surface area (Å²) in [6, 6.07) is 6.31. The van der Waals surface area contributed by atoms with Gasteiger partial charge in [0.05, 0.1) is 5.52 Å². The van der Waals surface area contributed by atoms with E-state index >= 15 is 0 Å². The smallest absolute Gasteiger partial charge is 0.404 e. The van der Waals surface area contributed by atoms with Crippen LogP contribution in [0.3, 0.4) is 0 Å². The zero-order valence-electron chi connectivity index (χ0n) is 19.1. The van der Waals surface area contributed by atoms with Gasteiger partial charge in [0.1, 0.15) is 18.0 Å². The van der Waals surface area contributed by atoms with Crippen LogP contribution in [0.4, 0.5) is 4.79 Å². The fourth-order valence-electron chi connectivity index (χ4n) is 3.11. The van der Waals surface area contributed by atoms with Gasteiger partial charge in [0.2, 0.25) is 5.56 Å². The van der Waals surface area contributed by atoms with Crippen LogP contribution in [-0.2, 0) is 9.16 Å². The molecule has 0 spiro atoms. The van der Waals surface area contributed by atoms with Crippen molar-refractivity contribution in [2.75, 3.05) is 0 Å². The van der Waals surface area contributed by atoms with E-state index in [1.54, 1.807) is 12.1 Å². The van der Waals surface area contributed by atoms with E-state index in [1.807, 2.05) is 20.8 Å². The molecule has 0 radical (unpaired) electrons. The minimum absolute atomic E-state index is 0.0411. The number of carbonyl (C=O) groups is 1. The predicted molar refractivity (Wildman–Crippen MR) is 121 cm³/mol. The highest BCUT2D eigenvalue weighted by Crippen LogP contribution is 2.45. The standard InChI is InChI=1S/C22H34N2O5Si/c1-21(2,3)19(28-20(23)27)18(29-30(7,8)22(4,5)6)14-9-11-15(25)17-13(14)10-12-16(26)24-17/h9-12,18-19,25H,1-8H3,(H2,23,27)(H,24,26). The van der Waals surface area contributed by atoms with E-state index in [2.05, 4.69) is 38.8 Å². The van der Waals surface area contributed by atoms with E-state index in [0.29, 0.717) is 16.5 Å². The number of pyridine rings is 1. The number of ether oxygens (including phenoxy) is 1. The summed E-state index contributed by atoms with van der Waals surface area (Å²) in [6.07, 6.45) is -2.22. The first-order valence-corrected chi connectivity index (χ1v) is 12.9. The number of aromatic nitrogens is 1. The summed E-state index contributed by atoms with van der Waals surface area (Å²) in [7, 11) is -2.32. The molecular formula is C22H34N2O5Si. The van der Waals surface area contributed by atoms with E-state index < -0.39 is 32.0 Å². The van der Waals surface area contributed by atoms with Crippen LogP contribution in [0.25, 0.3) is 10.9 Å². The lowest BCUT2D eigenvalue weighted by Crippen LogP contribution is -2.47. The SMILES string of the molecule is CC(C)(C)C(OC(N)=O)C(O[Si](C)(C)C(C)(C)C)c1ccc(O)c2[nH]c(=O)ccc12. The Balaban J connectivity index is 2.79. The minimum atomic E-state index is -2.32. The number of nitrogens with two attached hydrogens (primary N) is 1. The maximum atomic E-state index is 11.8. The molecule has 2 aromatic rings. The van der Waals surface area contributed by atoms with Crippen molar-refractivity contribution in [3.63, 3.8) is 0 Å². The lowest BCUT2D eigenvalue weighted by Gasteiger charge is -2.44. The number of rotatable bonds is 5. The molecule has 0 saturated carbocycles. The van der Waals surface area contributed by atoms with Crippen molar-refractivity contribution in [1.29, 1.82) is 0 Å². The van der Waals surface area contributed by atoms with Crippen LogP contribution in [0, 0.1) is 5.41 Å². The highest BCUT2D eigenvalue weighted by molar-refractivity contribution is 6.74. The average Bonchev–Trinajstić information content (AvgIpc) is 2.57. The normalized spacial score (nSPS) is 15.1. The molecule has 2 atom stereocenters. The van der Waals surface area contributed by atoms with E-state index in [0.717, 1.165) is 0 Å². The van der Waals surface area contributed by atoms with Crippen LogP contribution >= 0.6 is 0 Å². The van der Waals surface area contributed by atoms with Crippen molar-refractivity contribution in [3.8, 4) is 5.75 Å². The molecule has 2 unspecified atom stereocenters. The van der Waals surface area contributed by atoms with Crippen molar-refractivity contribution in [3.05, 3.63) is 40.2 Å². The Morgan fingerprint density at radius 3 is 2.20 bits per heavy atom. The van der Waals surface area contributed by atoms with Crippen LogP contribution in [0.1, 0.15) is 53.2 Å². The Labute approximate surface area is 178 Å². The number of nitrogens with one attached hydrogen (secondary N) is 1. The van der Waals surface area contributed by atoms with Crippen LogP contribution in [0.5, 0.6) is 5.75 Å². The minimum Gasteiger partial charge on any atom is -0.506 e. The number of benzene rings is 1. The first-order valence-electron chi connectivity index (χ1n) is 10.0. The zero-order chi connectivity index (χ0) is 23.1. The van der Waals surface area contributed by atoms with Crippen molar-refractivity contribution < 1.29 is 19.1 Å². The molecule has 4 N–H and O–H groups in total. The summed E-state index contributed by atoms with van der Waals surface area (Å²) in [5.74, 6) is -0.0411. The van der Waals surface area contributed by atoms with Gasteiger partial charge in [-0.25, -0.2) is 4.79 Å². The summed E-state index contributed by atoms with van der Waals surface area (Å²) in [6.45, 7) is 16.5. The van der Waals surface area contributed by atoms with E-state index in [1.165, 1.54) is 12.1 Å². The van der Waals surface area contributed by atoms with E-state index in [-0.39, 0.29) is 16.3 Å². The molecule has 166 valence electrons. The van der Waals surface area contributed by atoms with Gasteiger partial charge < -0.3 is 25.0 Å². The van der Waals surface area contributed by atoms with Gasteiger partial charge in [-0.2, -0.15) is 0 Å². The summed E-state index contributed by atoms with van der Waals surface area (Å²) >= 11 is 0. The van der Waals surface area contributed by atoms with Crippen LogP contribution < -0.4 is 11.3 Å². The zero-order valence-corrected chi connectivity index (χ0v) is 20.1. The summed E-state index contributed by atoms with van der Waals surface area (Å²) in [4.78, 5) is 26.3. The molecule has 0 aliphatic heterocycles. The highest BCUT2D eigenvalue weighted by Gasteiger charge is 2.45. The van der Waals surface area contributed by atoms with Gasteiger partial charge in [0.15, 0.2) is 8.32 Å². The third kappa shape index (κ3) is 5.04. The Morgan fingerprint density at radius 1 is 1.10 bits per heavy atom. The monoisotopic (exact) mass is 434 g/mol. The Hall–Kier alpha value is -2.32. The molecule has 2 rings (SSSR count). The number of hydrogen-bond donors (Lipinski definition) is 3. The maximum Gasteiger partial charge on any atom is 0.404 e. The molecule has 0 aliphatic rings. The van der Waals surface area contributed by atoms with Crippen LogP contribution in [0.15, 0.2) is 29.1 Å². The second-order valence-electron chi connectivity index (χ2n) is 10.3. The third-order valence-corrected chi connectivity index (χ3v) is 10.3. The lowest BCUT2D eigenvalue weighted by molar-refractivity contribution is -0.0459. The molecule has 0 saturated heterocycles. The van der Waals surface area contributed by atoms with Crippen molar-refractivity contribution in [2.45, 2.75) is 71.9 Å². The van der Waals surface area contributed by atoms with Gasteiger partial charge in [0, 0.05) is 16.9 Å². The number of phenols is 1. The van der Waals surface area contributed by atoms with Crippen molar-refractivity contribution >= 4 is 25.3 Å². The Kier molecular flexibility index (Phi) is 6.44. The molecule has 1 aromatic carbocycles. The predicted octanol–water partition coefficient (Wildman–Crippen LogP) is 4.81. The number of fused-ring (bicyclic) bond motifs is 1. The number of hydrogen-bond acceptors (Lipinski definition) is 5. The lowest BCUT2D eigenvalue weighted by atomic mass is 9.82. The second-order valence-corrected chi connectivity index (χ2v) is 15.1. The van der Waals surface area contributed by atoms with Gasteiger partial charge in [-0.05, 0) is 35.8 Å². The van der Waals surface area contributed by atoms with Crippen LogP contribution in [0.2, 0.25) is 18.1 Å². The summed E-state index contributed by atoms with van der Waals surface area (Å²) in [5, 5.41) is 10.8. The number of H-pyrrole nitrogens is 1. The molecule has 1 heterocycles. The molecule has 0 aliphatic carbocycles. The van der Waals surface area contributed by atoms with Crippen LogP contribution in [-0.4, -0.2) is 30.6 Å². The average molecular weight is 435 g/mol. The van der Waals surface area contributed by atoms with Crippen molar-refractivity contribution in [2.24, 2.45) is 11.1 Å². The summed E-state index contributed by atoms with van der Waals surface area (Å²) in [5.41, 5.74) is 5.63. The number of carbonyl (C=O) groups excluding carboxylic acids is 1. The van der Waals surface area contributed by atoms with Gasteiger partial charge in [-0.1, -0.05) is 47.6 Å². The third-order valence-electron chi connectivity index (χ3n) is 5.81. The molecule has 0 bridgehead atoms. The van der Waals surface area contributed by atoms with Crippen molar-refractivity contribution in [1.82, 2.24) is 4.98 Å². The number of amides is 1. The number of phenolic OH excluding ortho intramolecular Hbond substituents is 1. The first-order chi connectivity index (χ1) is 13.5. The fourth-order valence-corrected chi connectivity index (χ4v) is 4.35. The van der Waals surface area contributed by atoms with Gasteiger partial charge in [0.25, 0.3) is 0 Å². The Bertz CT molecular complexity index is 986. The number of primary amides is 1. The fraction of sp³-hybridized carbons (Fsp3) is 0.545. The molecule has 30 heavy (non-hydrogen) atoms. The van der Waals surface area contributed by atoms with Gasteiger partial charge in [-0.3, -0.25) is 4.79 Å². The van der Waals surface area contributed by atoms with Gasteiger partial charge in [-0.15, -0.1) is 0 Å². The molecule has 7 nitrogen and oxygen atoms in total. The molecule has 1 aromatic heterocycles. The maximum absolute atomic E-state index is 11.8. The quantitative estimate of drug-likeness (QED) is 0.584. The highest BCUT2D eigenvalue weighted by atomic mass is 28.4. The second kappa shape index (κ2) is 8.07. The van der Waals surface area contributed by atoms with E-state index in [9.17, 15) is 14.7 Å².